The maximum atomic E-state index is 13.4. The van der Waals surface area contributed by atoms with E-state index in [-0.39, 0.29) is 11.3 Å². The smallest absolute Gasteiger partial charge is 0.185 e. The van der Waals surface area contributed by atoms with E-state index in [1.807, 2.05) is 0 Å². The van der Waals surface area contributed by atoms with Gasteiger partial charge in [-0.3, -0.25) is 9.78 Å². The highest BCUT2D eigenvalue weighted by Gasteiger charge is 2.43. The Kier molecular flexibility index (Phi) is 2.52. The molecule has 0 radical (unpaired) electrons. The van der Waals surface area contributed by atoms with Crippen LogP contribution in [0, 0.1) is 5.82 Å². The van der Waals surface area contributed by atoms with Crippen LogP contribution < -0.4 is 5.32 Å². The van der Waals surface area contributed by atoms with Crippen molar-refractivity contribution in [2.24, 2.45) is 0 Å². The molecule has 0 amide bonds. The van der Waals surface area contributed by atoms with Gasteiger partial charge in [0.25, 0.3) is 0 Å². The van der Waals surface area contributed by atoms with Gasteiger partial charge in [-0.1, -0.05) is 0 Å². The van der Waals surface area contributed by atoms with Gasteiger partial charge in [0.2, 0.25) is 0 Å². The number of carbonyl (C=O) groups is 1. The zero-order valence-corrected chi connectivity index (χ0v) is 8.59. The Balaban J connectivity index is 2.32. The molecule has 0 aromatic carbocycles. The average molecular weight is 208 g/mol. The summed E-state index contributed by atoms with van der Waals surface area (Å²) >= 11 is 0. The van der Waals surface area contributed by atoms with Gasteiger partial charge in [-0.2, -0.15) is 0 Å². The van der Waals surface area contributed by atoms with Gasteiger partial charge in [-0.25, -0.2) is 4.39 Å². The predicted octanol–water partition coefficient (Wildman–Crippen LogP) is 1.55. The standard InChI is InChI=1S/C11H13FN2O/c1-13-11(4-2-5-11)10(15)8-3-6-14-7-9(8)12/h3,6-7,13H,2,4-5H2,1H3. The molecule has 1 aliphatic carbocycles. The van der Waals surface area contributed by atoms with Crippen molar-refractivity contribution in [3.63, 3.8) is 0 Å². The third kappa shape index (κ3) is 1.55. The Morgan fingerprint density at radius 1 is 1.60 bits per heavy atom. The first kappa shape index (κ1) is 10.2. The van der Waals surface area contributed by atoms with Crippen molar-refractivity contribution in [2.45, 2.75) is 24.8 Å². The lowest BCUT2D eigenvalue weighted by atomic mass is 9.72. The summed E-state index contributed by atoms with van der Waals surface area (Å²) in [6, 6.07) is 1.44. The van der Waals surface area contributed by atoms with Gasteiger partial charge < -0.3 is 5.32 Å². The number of nitrogens with one attached hydrogen (secondary N) is 1. The molecular formula is C11H13FN2O. The second-order valence-corrected chi connectivity index (χ2v) is 3.87. The van der Waals surface area contributed by atoms with Crippen molar-refractivity contribution in [3.05, 3.63) is 29.8 Å². The quantitative estimate of drug-likeness (QED) is 0.766. The number of Topliss-reactive ketones (excluding diaryl/α,β-unsaturated/α-hetero) is 1. The van der Waals surface area contributed by atoms with Crippen LogP contribution in [0.25, 0.3) is 0 Å². The summed E-state index contributed by atoms with van der Waals surface area (Å²) < 4.78 is 13.4. The molecule has 0 atom stereocenters. The van der Waals surface area contributed by atoms with E-state index in [9.17, 15) is 9.18 Å². The molecular weight excluding hydrogens is 195 g/mol. The van der Waals surface area contributed by atoms with Gasteiger partial charge in [0.1, 0.15) is 0 Å². The monoisotopic (exact) mass is 208 g/mol. The van der Waals surface area contributed by atoms with Crippen LogP contribution in [0.5, 0.6) is 0 Å². The minimum Gasteiger partial charge on any atom is -0.308 e. The van der Waals surface area contributed by atoms with Crippen LogP contribution in [-0.2, 0) is 0 Å². The van der Waals surface area contributed by atoms with E-state index in [0.29, 0.717) is 0 Å². The van der Waals surface area contributed by atoms with Gasteiger partial charge in [-0.05, 0) is 32.4 Å². The van der Waals surface area contributed by atoms with Crippen LogP contribution in [0.15, 0.2) is 18.5 Å². The summed E-state index contributed by atoms with van der Waals surface area (Å²) in [5.74, 6) is -0.694. The maximum absolute atomic E-state index is 13.4. The summed E-state index contributed by atoms with van der Waals surface area (Å²) in [4.78, 5) is 15.7. The van der Waals surface area contributed by atoms with E-state index < -0.39 is 11.4 Å². The normalized spacial score (nSPS) is 18.3. The van der Waals surface area contributed by atoms with Crippen LogP contribution in [0.2, 0.25) is 0 Å². The first-order chi connectivity index (χ1) is 7.19. The summed E-state index contributed by atoms with van der Waals surface area (Å²) in [5.41, 5.74) is -0.401. The molecule has 1 fully saturated rings. The summed E-state index contributed by atoms with van der Waals surface area (Å²) in [6.45, 7) is 0. The van der Waals surface area contributed by atoms with Crippen molar-refractivity contribution in [2.75, 3.05) is 7.05 Å². The number of hydrogen-bond acceptors (Lipinski definition) is 3. The number of carbonyl (C=O) groups excluding carboxylic acids is 1. The first-order valence-electron chi connectivity index (χ1n) is 5.03. The molecule has 0 saturated heterocycles. The van der Waals surface area contributed by atoms with Crippen molar-refractivity contribution in [1.82, 2.24) is 10.3 Å². The topological polar surface area (TPSA) is 42.0 Å². The van der Waals surface area contributed by atoms with Crippen molar-refractivity contribution in [3.8, 4) is 0 Å². The largest absolute Gasteiger partial charge is 0.308 e. The van der Waals surface area contributed by atoms with Crippen LogP contribution >= 0.6 is 0 Å². The average Bonchev–Trinajstić information content (AvgIpc) is 2.17. The lowest BCUT2D eigenvalue weighted by Crippen LogP contribution is -2.55. The molecule has 80 valence electrons. The Labute approximate surface area is 87.7 Å². The first-order valence-corrected chi connectivity index (χ1v) is 5.03. The predicted molar refractivity (Wildman–Crippen MR) is 54.2 cm³/mol. The van der Waals surface area contributed by atoms with E-state index in [1.54, 1.807) is 7.05 Å². The van der Waals surface area contributed by atoms with E-state index in [4.69, 9.17) is 0 Å². The summed E-state index contributed by atoms with van der Waals surface area (Å²) in [5, 5.41) is 3.00. The number of halogens is 1. The van der Waals surface area contributed by atoms with Gasteiger partial charge in [0.15, 0.2) is 11.6 Å². The number of nitrogens with zero attached hydrogens (tertiary/aromatic N) is 1. The highest BCUT2D eigenvalue weighted by Crippen LogP contribution is 2.34. The minimum absolute atomic E-state index is 0.138. The molecule has 0 bridgehead atoms. The molecule has 2 rings (SSSR count). The Bertz CT molecular complexity index is 382. The SMILES string of the molecule is CNC1(C(=O)c2ccncc2F)CCC1. The number of hydrogen-bond donors (Lipinski definition) is 1. The van der Waals surface area contributed by atoms with Crippen molar-refractivity contribution >= 4 is 5.78 Å². The number of ketones is 1. The zero-order valence-electron chi connectivity index (χ0n) is 8.59. The second-order valence-electron chi connectivity index (χ2n) is 3.87. The van der Waals surface area contributed by atoms with Gasteiger partial charge in [-0.15, -0.1) is 0 Å². The lowest BCUT2D eigenvalue weighted by molar-refractivity contribution is 0.0741. The molecule has 1 aliphatic rings. The Morgan fingerprint density at radius 2 is 2.33 bits per heavy atom. The Morgan fingerprint density at radius 3 is 2.80 bits per heavy atom. The third-order valence-corrected chi connectivity index (χ3v) is 3.14. The molecule has 1 saturated carbocycles. The number of rotatable bonds is 3. The highest BCUT2D eigenvalue weighted by atomic mass is 19.1. The van der Waals surface area contributed by atoms with E-state index >= 15 is 0 Å². The fraction of sp³-hybridized carbons (Fsp3) is 0.455. The van der Waals surface area contributed by atoms with Crippen LogP contribution in [-0.4, -0.2) is 23.4 Å². The van der Waals surface area contributed by atoms with Crippen molar-refractivity contribution in [1.29, 1.82) is 0 Å². The molecule has 4 heteroatoms. The molecule has 1 N–H and O–H groups in total. The van der Waals surface area contributed by atoms with Crippen LogP contribution in [0.3, 0.4) is 0 Å². The Hall–Kier alpha value is -1.29. The number of likely N-dealkylation sites (N-methyl/N-ethyl adjacent to an activating group) is 1. The van der Waals surface area contributed by atoms with Gasteiger partial charge in [0.05, 0.1) is 17.3 Å². The molecule has 1 heterocycles. The maximum Gasteiger partial charge on any atom is 0.185 e. The number of pyridine rings is 1. The second kappa shape index (κ2) is 3.70. The number of aromatic nitrogens is 1. The van der Waals surface area contributed by atoms with E-state index in [1.165, 1.54) is 12.3 Å². The molecule has 15 heavy (non-hydrogen) atoms. The summed E-state index contributed by atoms with van der Waals surface area (Å²) in [7, 11) is 1.75. The molecule has 3 nitrogen and oxygen atoms in total. The highest BCUT2D eigenvalue weighted by molar-refractivity contribution is 6.04. The third-order valence-electron chi connectivity index (χ3n) is 3.14. The fourth-order valence-corrected chi connectivity index (χ4v) is 1.94. The molecule has 1 aromatic rings. The molecule has 0 spiro atoms. The van der Waals surface area contributed by atoms with Crippen molar-refractivity contribution < 1.29 is 9.18 Å². The van der Waals surface area contributed by atoms with Gasteiger partial charge >= 0.3 is 0 Å². The molecule has 1 aromatic heterocycles. The summed E-state index contributed by atoms with van der Waals surface area (Å²) in [6.07, 6.45) is 5.10. The lowest BCUT2D eigenvalue weighted by Gasteiger charge is -2.40. The van der Waals surface area contributed by atoms with Crippen LogP contribution in [0.1, 0.15) is 29.6 Å². The zero-order chi connectivity index (χ0) is 10.9. The molecule has 0 unspecified atom stereocenters. The minimum atomic E-state index is -0.539. The van der Waals surface area contributed by atoms with Gasteiger partial charge in [0, 0.05) is 6.20 Å². The van der Waals surface area contributed by atoms with E-state index in [0.717, 1.165) is 25.5 Å². The fourth-order valence-electron chi connectivity index (χ4n) is 1.94. The van der Waals surface area contributed by atoms with Crippen LogP contribution in [0.4, 0.5) is 4.39 Å². The van der Waals surface area contributed by atoms with E-state index in [2.05, 4.69) is 10.3 Å². The molecule has 0 aliphatic heterocycles.